The summed E-state index contributed by atoms with van der Waals surface area (Å²) < 4.78 is 4.86. The summed E-state index contributed by atoms with van der Waals surface area (Å²) in [7, 11) is 0. The first-order valence-electron chi connectivity index (χ1n) is 17.0. The van der Waals surface area contributed by atoms with E-state index >= 15 is 0 Å². The molecule has 0 N–H and O–H groups in total. The van der Waals surface area contributed by atoms with Gasteiger partial charge in [0, 0.05) is 67.0 Å². The summed E-state index contributed by atoms with van der Waals surface area (Å²) in [6, 6.07) is 35.6. The Morgan fingerprint density at radius 1 is 0.500 bits per heavy atom. The summed E-state index contributed by atoms with van der Waals surface area (Å²) in [6.07, 6.45) is 0. The number of benzene rings is 6. The molecule has 10 rings (SSSR count). The quantitative estimate of drug-likeness (QED) is 0.134. The van der Waals surface area contributed by atoms with Crippen molar-refractivity contribution in [3.63, 3.8) is 0 Å². The van der Waals surface area contributed by atoms with Crippen molar-refractivity contribution in [1.29, 1.82) is 10.5 Å². The van der Waals surface area contributed by atoms with Gasteiger partial charge in [-0.1, -0.05) is 64.7 Å². The minimum absolute atomic E-state index is 0.440. The van der Waals surface area contributed by atoms with Gasteiger partial charge < -0.3 is 9.13 Å². The number of hydrogen-bond donors (Lipinski definition) is 0. The maximum Gasteiger partial charge on any atom is 0.145 e. The van der Waals surface area contributed by atoms with Crippen molar-refractivity contribution in [3.8, 4) is 44.7 Å². The van der Waals surface area contributed by atoms with Gasteiger partial charge in [-0.3, -0.25) is 0 Å². The monoisotopic (exact) mass is 704 g/mol. The predicted octanol–water partition coefficient (Wildman–Crippen LogP) is 11.9. The summed E-state index contributed by atoms with van der Waals surface area (Å²) in [6.45, 7) is 8.60. The van der Waals surface area contributed by atoms with Gasteiger partial charge in [0.25, 0.3) is 0 Å². The number of nitriles is 2. The van der Waals surface area contributed by atoms with Crippen molar-refractivity contribution in [1.82, 2.24) is 19.1 Å². The van der Waals surface area contributed by atoms with Gasteiger partial charge in [-0.15, -0.1) is 0 Å². The normalized spacial score (nSPS) is 12.0. The van der Waals surface area contributed by atoms with Crippen molar-refractivity contribution in [3.05, 3.63) is 119 Å². The molecule has 3 aromatic heterocycles. The average Bonchev–Trinajstić information content (AvgIpc) is 3.73. The summed E-state index contributed by atoms with van der Waals surface area (Å²) in [5.74, 6) is 0. The Kier molecular flexibility index (Phi) is 6.63. The number of fused-ring (bicyclic) bond motifs is 9. The number of hydrogen-bond acceptors (Lipinski definition) is 6. The van der Waals surface area contributed by atoms with Gasteiger partial charge in [0.05, 0.1) is 44.8 Å². The molecule has 6 nitrogen and oxygen atoms in total. The molecule has 6 aromatic carbocycles. The lowest BCUT2D eigenvalue weighted by Crippen LogP contribution is -2.05. The average molecular weight is 705 g/mol. The maximum atomic E-state index is 9.69. The molecule has 0 bridgehead atoms. The number of nitrogens with zero attached hydrogens (tertiary/aromatic N) is 6. The topological polar surface area (TPSA) is 83.2 Å². The molecule has 0 unspecified atom stereocenters. The van der Waals surface area contributed by atoms with Crippen LogP contribution in [0.2, 0.25) is 0 Å². The Morgan fingerprint density at radius 2 is 0.942 bits per heavy atom. The smallest absolute Gasteiger partial charge is 0.145 e. The summed E-state index contributed by atoms with van der Waals surface area (Å²) in [5, 5.41) is 31.5. The summed E-state index contributed by atoms with van der Waals surface area (Å²) in [5.41, 5.74) is 14.8. The number of thioether (sulfide) groups is 2. The predicted molar refractivity (Wildman–Crippen MR) is 215 cm³/mol. The van der Waals surface area contributed by atoms with E-state index in [4.69, 9.17) is 9.97 Å². The second-order valence-corrected chi connectivity index (χ2v) is 15.2. The van der Waals surface area contributed by atoms with E-state index in [0.717, 1.165) is 90.3 Å². The molecule has 3 heterocycles. The standard InChI is InChI=1S/C44H28N6S2/c1-23-8-12-34-29(16-23)30-17-24(2)9-13-35(30)49(34)38-20-33-39-27(40-41(33)48-44(52-22-46)43(47-40)51-21-45)6-5-7-28(39)42(38)50-36-14-10-25(3)18-31(36)32-19-26(4)11-15-37(32)50/h5-20H,1-4H3. The first-order valence-corrected chi connectivity index (χ1v) is 18.7. The van der Waals surface area contributed by atoms with E-state index in [1.54, 1.807) is 0 Å². The molecule has 0 atom stereocenters. The highest BCUT2D eigenvalue weighted by Crippen LogP contribution is 2.52. The minimum atomic E-state index is 0.440. The van der Waals surface area contributed by atoms with E-state index in [1.807, 2.05) is 0 Å². The van der Waals surface area contributed by atoms with Gasteiger partial charge >= 0.3 is 0 Å². The summed E-state index contributed by atoms with van der Waals surface area (Å²) >= 11 is 1.88. The van der Waals surface area contributed by atoms with Crippen LogP contribution < -0.4 is 0 Å². The zero-order chi connectivity index (χ0) is 35.4. The van der Waals surface area contributed by atoms with E-state index in [1.165, 1.54) is 43.8 Å². The van der Waals surface area contributed by atoms with Crippen molar-refractivity contribution in [2.75, 3.05) is 0 Å². The third kappa shape index (κ3) is 4.26. The van der Waals surface area contributed by atoms with Crippen molar-refractivity contribution in [2.45, 2.75) is 37.7 Å². The molecule has 0 aliphatic heterocycles. The first kappa shape index (κ1) is 30.7. The highest BCUT2D eigenvalue weighted by atomic mass is 32.2. The van der Waals surface area contributed by atoms with Crippen molar-refractivity contribution >= 4 is 77.9 Å². The van der Waals surface area contributed by atoms with E-state index in [0.29, 0.717) is 10.1 Å². The van der Waals surface area contributed by atoms with Crippen LogP contribution in [-0.2, 0) is 0 Å². The van der Waals surface area contributed by atoms with Gasteiger partial charge in [0.2, 0.25) is 0 Å². The zero-order valence-electron chi connectivity index (χ0n) is 28.7. The maximum absolute atomic E-state index is 9.69. The fraction of sp³-hybridized carbons (Fsp3) is 0.0909. The van der Waals surface area contributed by atoms with Crippen LogP contribution in [0.15, 0.2) is 107 Å². The Hall–Kier alpha value is -6.06. The van der Waals surface area contributed by atoms with Crippen molar-refractivity contribution < 1.29 is 0 Å². The zero-order valence-corrected chi connectivity index (χ0v) is 30.4. The molecular formula is C44H28N6S2. The van der Waals surface area contributed by atoms with Crippen molar-refractivity contribution in [2.24, 2.45) is 0 Å². The number of rotatable bonds is 4. The lowest BCUT2D eigenvalue weighted by molar-refractivity contribution is 0.943. The lowest BCUT2D eigenvalue weighted by Gasteiger charge is -2.20. The van der Waals surface area contributed by atoms with Gasteiger partial charge in [-0.25, -0.2) is 9.97 Å². The Balaban J connectivity index is 1.44. The van der Waals surface area contributed by atoms with E-state index in [-0.39, 0.29) is 0 Å². The van der Waals surface area contributed by atoms with Crippen LogP contribution in [0.4, 0.5) is 0 Å². The molecule has 1 aliphatic rings. The van der Waals surface area contributed by atoms with Crippen LogP contribution in [0.5, 0.6) is 0 Å². The molecule has 9 aromatic rings. The van der Waals surface area contributed by atoms with Crippen LogP contribution in [0.3, 0.4) is 0 Å². The Bertz CT molecular complexity index is 3040. The summed E-state index contributed by atoms with van der Waals surface area (Å²) in [4.78, 5) is 10.1. The molecule has 52 heavy (non-hydrogen) atoms. The molecule has 1 aliphatic carbocycles. The van der Waals surface area contributed by atoms with Gasteiger partial charge in [-0.05, 0) is 82.3 Å². The second kappa shape index (κ2) is 11.2. The highest BCUT2D eigenvalue weighted by Gasteiger charge is 2.31. The van der Waals surface area contributed by atoms with Crippen LogP contribution in [0, 0.1) is 49.0 Å². The fourth-order valence-corrected chi connectivity index (χ4v) is 9.21. The van der Waals surface area contributed by atoms with Crippen LogP contribution in [-0.4, -0.2) is 19.1 Å². The fourth-order valence-electron chi connectivity index (χ4n) is 8.25. The van der Waals surface area contributed by atoms with E-state index in [9.17, 15) is 10.5 Å². The molecule has 246 valence electrons. The lowest BCUT2D eigenvalue weighted by atomic mass is 10.00. The minimum Gasteiger partial charge on any atom is -0.307 e. The molecule has 0 amide bonds. The molecule has 0 saturated heterocycles. The first-order chi connectivity index (χ1) is 25.3. The number of thiocyanates is 2. The molecule has 0 saturated carbocycles. The number of aromatic nitrogens is 4. The van der Waals surface area contributed by atoms with Crippen LogP contribution >= 0.6 is 23.5 Å². The van der Waals surface area contributed by atoms with Crippen LogP contribution in [0.1, 0.15) is 22.3 Å². The Morgan fingerprint density at radius 3 is 1.40 bits per heavy atom. The molecule has 0 spiro atoms. The largest absolute Gasteiger partial charge is 0.307 e. The Labute approximate surface area is 308 Å². The SMILES string of the molecule is Cc1ccc2c(c1)c1cc(C)ccc1n2-c1cc2c3c(cccc3c1-n1c3ccc(C)cc3c3cc(C)ccc31)-c1nc(SC#N)c(SC#N)nc1-2. The van der Waals surface area contributed by atoms with Crippen LogP contribution in [0.25, 0.3) is 88.3 Å². The molecular weight excluding hydrogens is 677 g/mol. The highest BCUT2D eigenvalue weighted by molar-refractivity contribution is 8.06. The third-order valence-corrected chi connectivity index (χ3v) is 11.6. The number of aryl methyl sites for hydroxylation is 4. The van der Waals surface area contributed by atoms with Gasteiger partial charge in [-0.2, -0.15) is 10.5 Å². The van der Waals surface area contributed by atoms with Gasteiger partial charge in [0.1, 0.15) is 20.9 Å². The van der Waals surface area contributed by atoms with Gasteiger partial charge in [0.15, 0.2) is 0 Å². The molecule has 0 radical (unpaired) electrons. The molecule has 0 fully saturated rings. The van der Waals surface area contributed by atoms with E-state index in [2.05, 4.69) is 145 Å². The third-order valence-electron chi connectivity index (χ3n) is 10.4. The second-order valence-electron chi connectivity index (χ2n) is 13.7. The molecule has 8 heteroatoms. The van der Waals surface area contributed by atoms with E-state index < -0.39 is 0 Å².